The zero-order chi connectivity index (χ0) is 15.3. The molecule has 0 heterocycles. The van der Waals surface area contributed by atoms with Crippen molar-refractivity contribution in [3.8, 4) is 0 Å². The summed E-state index contributed by atoms with van der Waals surface area (Å²) < 4.78 is 78.8. The van der Waals surface area contributed by atoms with Crippen molar-refractivity contribution in [1.29, 1.82) is 0 Å². The number of alkyl halides is 6. The van der Waals surface area contributed by atoms with Crippen LogP contribution in [0.4, 0.5) is 26.3 Å². The third-order valence-electron chi connectivity index (χ3n) is 2.46. The lowest BCUT2D eigenvalue weighted by Gasteiger charge is -2.24. The van der Waals surface area contributed by atoms with Gasteiger partial charge >= 0.3 is 6.11 Å². The molecule has 1 N–H and O–H groups in total. The molecule has 1 aromatic rings. The third kappa shape index (κ3) is 4.38. The van der Waals surface area contributed by atoms with Crippen molar-refractivity contribution in [3.05, 3.63) is 35.9 Å². The number of rotatable bonds is 7. The smallest absolute Gasteiger partial charge is 0.386 e. The van der Waals surface area contributed by atoms with Crippen LogP contribution in [0.1, 0.15) is 11.7 Å². The van der Waals surface area contributed by atoms with E-state index in [9.17, 15) is 31.4 Å². The maximum atomic E-state index is 13.0. The lowest BCUT2D eigenvalue weighted by atomic mass is 10.1. The molecule has 20 heavy (non-hydrogen) atoms. The molecule has 0 fully saturated rings. The van der Waals surface area contributed by atoms with Gasteiger partial charge in [-0.3, -0.25) is 0 Å². The molecule has 2 unspecified atom stereocenters. The van der Waals surface area contributed by atoms with E-state index in [0.717, 1.165) is 0 Å². The largest absolute Gasteiger partial charge is 0.390 e. The second kappa shape index (κ2) is 6.94. The molecule has 1 rings (SSSR count). The van der Waals surface area contributed by atoms with Gasteiger partial charge in [0.2, 0.25) is 12.3 Å². The van der Waals surface area contributed by atoms with Gasteiger partial charge in [-0.25, -0.2) is 17.6 Å². The first kappa shape index (κ1) is 16.8. The van der Waals surface area contributed by atoms with E-state index >= 15 is 0 Å². The predicted molar refractivity (Wildman–Crippen MR) is 58.1 cm³/mol. The van der Waals surface area contributed by atoms with E-state index in [1.807, 2.05) is 0 Å². The molecule has 0 spiro atoms. The van der Waals surface area contributed by atoms with Gasteiger partial charge in [-0.2, -0.15) is 8.78 Å². The SMILES string of the molecule is O[C@H](COC(F)(F)C(F)C(F)C(F)F)c1ccccc1. The van der Waals surface area contributed by atoms with Gasteiger partial charge in [0.25, 0.3) is 6.43 Å². The number of hydrogen-bond acceptors (Lipinski definition) is 2. The number of aliphatic hydroxyl groups excluding tert-OH is 1. The third-order valence-corrected chi connectivity index (χ3v) is 2.46. The van der Waals surface area contributed by atoms with Gasteiger partial charge in [-0.05, 0) is 5.56 Å². The summed E-state index contributed by atoms with van der Waals surface area (Å²) in [5.41, 5.74) is 0.212. The van der Waals surface area contributed by atoms with Crippen LogP contribution < -0.4 is 0 Å². The van der Waals surface area contributed by atoms with E-state index in [2.05, 4.69) is 4.74 Å². The number of hydrogen-bond donors (Lipinski definition) is 1. The van der Waals surface area contributed by atoms with Gasteiger partial charge in [-0.1, -0.05) is 30.3 Å². The molecule has 0 aliphatic carbocycles. The van der Waals surface area contributed by atoms with Crippen LogP contribution in [0.25, 0.3) is 0 Å². The highest BCUT2D eigenvalue weighted by Crippen LogP contribution is 2.30. The van der Waals surface area contributed by atoms with Crippen molar-refractivity contribution >= 4 is 0 Å². The number of ether oxygens (including phenoxy) is 1. The minimum Gasteiger partial charge on any atom is -0.386 e. The summed E-state index contributed by atoms with van der Waals surface area (Å²) in [5, 5.41) is 9.49. The van der Waals surface area contributed by atoms with E-state index < -0.39 is 37.6 Å². The average molecular weight is 302 g/mol. The fourth-order valence-corrected chi connectivity index (χ4v) is 1.35. The minimum atomic E-state index is -4.76. The lowest BCUT2D eigenvalue weighted by molar-refractivity contribution is -0.296. The molecule has 0 aromatic heterocycles. The fraction of sp³-hybridized carbons (Fsp3) is 0.500. The molecule has 0 radical (unpaired) electrons. The monoisotopic (exact) mass is 302 g/mol. The second-order valence-corrected chi connectivity index (χ2v) is 3.98. The maximum absolute atomic E-state index is 13.0. The molecule has 0 bridgehead atoms. The van der Waals surface area contributed by atoms with Crippen molar-refractivity contribution in [1.82, 2.24) is 0 Å². The van der Waals surface area contributed by atoms with Crippen molar-refractivity contribution < 1.29 is 36.2 Å². The Morgan fingerprint density at radius 1 is 1.05 bits per heavy atom. The zero-order valence-electron chi connectivity index (χ0n) is 10.0. The van der Waals surface area contributed by atoms with Crippen LogP contribution in [0.5, 0.6) is 0 Å². The molecular formula is C12H12F6O2. The number of halogens is 6. The highest BCUT2D eigenvalue weighted by molar-refractivity contribution is 5.17. The minimum absolute atomic E-state index is 0.212. The van der Waals surface area contributed by atoms with E-state index in [0.29, 0.717) is 0 Å². The highest BCUT2D eigenvalue weighted by Gasteiger charge is 2.50. The fourth-order valence-electron chi connectivity index (χ4n) is 1.35. The maximum Gasteiger partial charge on any atom is 0.390 e. The summed E-state index contributed by atoms with van der Waals surface area (Å²) in [6.07, 6.45) is -17.6. The summed E-state index contributed by atoms with van der Waals surface area (Å²) in [7, 11) is 0. The van der Waals surface area contributed by atoms with E-state index in [-0.39, 0.29) is 5.56 Å². The topological polar surface area (TPSA) is 29.5 Å². The molecule has 3 atom stereocenters. The normalized spacial score (nSPS) is 17.0. The summed E-state index contributed by atoms with van der Waals surface area (Å²) in [5.74, 6) is 0. The number of aliphatic hydroxyl groups is 1. The molecule has 0 aliphatic rings. The number of benzene rings is 1. The van der Waals surface area contributed by atoms with E-state index in [1.54, 1.807) is 6.07 Å². The van der Waals surface area contributed by atoms with Gasteiger partial charge in [-0.15, -0.1) is 0 Å². The van der Waals surface area contributed by atoms with Crippen LogP contribution in [0.3, 0.4) is 0 Å². The standard InChI is InChI=1S/C12H12F6O2/c13-9(11(15)16)10(14)12(17,18)20-6-8(19)7-4-2-1-3-5-7/h1-5,8-11,19H,6H2/t8-,9?,10?/m1/s1. The molecular weight excluding hydrogens is 290 g/mol. The Balaban J connectivity index is 2.59. The molecule has 114 valence electrons. The van der Waals surface area contributed by atoms with Crippen LogP contribution in [-0.2, 0) is 4.74 Å². The Labute approximate surface area is 111 Å². The van der Waals surface area contributed by atoms with Gasteiger partial charge in [0.05, 0.1) is 6.61 Å². The van der Waals surface area contributed by atoms with Crippen molar-refractivity contribution in [2.24, 2.45) is 0 Å². The second-order valence-electron chi connectivity index (χ2n) is 3.98. The van der Waals surface area contributed by atoms with Crippen LogP contribution >= 0.6 is 0 Å². The first-order chi connectivity index (χ1) is 9.25. The quantitative estimate of drug-likeness (QED) is 0.783. The Morgan fingerprint density at radius 2 is 1.60 bits per heavy atom. The Bertz CT molecular complexity index is 400. The zero-order valence-corrected chi connectivity index (χ0v) is 10.0. The molecule has 2 nitrogen and oxygen atoms in total. The van der Waals surface area contributed by atoms with Gasteiger partial charge in [0.15, 0.2) is 0 Å². The van der Waals surface area contributed by atoms with Gasteiger partial charge in [0, 0.05) is 0 Å². The van der Waals surface area contributed by atoms with Crippen LogP contribution in [0, 0.1) is 0 Å². The summed E-state index contributed by atoms with van der Waals surface area (Å²) in [6, 6.07) is 7.44. The summed E-state index contributed by atoms with van der Waals surface area (Å²) in [4.78, 5) is 0. The Kier molecular flexibility index (Phi) is 5.82. The van der Waals surface area contributed by atoms with E-state index in [1.165, 1.54) is 24.3 Å². The molecule has 0 saturated heterocycles. The Hall–Kier alpha value is -1.28. The van der Waals surface area contributed by atoms with E-state index in [4.69, 9.17) is 0 Å². The summed E-state index contributed by atoms with van der Waals surface area (Å²) in [6.45, 7) is -1.06. The lowest BCUT2D eigenvalue weighted by Crippen LogP contribution is -2.43. The van der Waals surface area contributed by atoms with Gasteiger partial charge in [0.1, 0.15) is 6.10 Å². The predicted octanol–water partition coefficient (Wildman–Crippen LogP) is 3.27. The van der Waals surface area contributed by atoms with Gasteiger partial charge < -0.3 is 9.84 Å². The molecule has 0 amide bonds. The van der Waals surface area contributed by atoms with Crippen LogP contribution in [0.15, 0.2) is 30.3 Å². The first-order valence-electron chi connectivity index (χ1n) is 5.56. The molecule has 1 aromatic carbocycles. The first-order valence-corrected chi connectivity index (χ1v) is 5.56. The van der Waals surface area contributed by atoms with Crippen molar-refractivity contribution in [2.45, 2.75) is 31.0 Å². The molecule has 0 saturated carbocycles. The van der Waals surface area contributed by atoms with Crippen molar-refractivity contribution in [3.63, 3.8) is 0 Å². The average Bonchev–Trinajstić information content (AvgIpc) is 2.44. The highest BCUT2D eigenvalue weighted by atomic mass is 19.3. The Morgan fingerprint density at radius 3 is 2.10 bits per heavy atom. The molecule has 8 heteroatoms. The van der Waals surface area contributed by atoms with Crippen LogP contribution in [0.2, 0.25) is 0 Å². The summed E-state index contributed by atoms with van der Waals surface area (Å²) >= 11 is 0. The van der Waals surface area contributed by atoms with Crippen molar-refractivity contribution in [2.75, 3.05) is 6.61 Å². The molecule has 0 aliphatic heterocycles. The van der Waals surface area contributed by atoms with Crippen LogP contribution in [-0.4, -0.2) is 36.6 Å².